The van der Waals surface area contributed by atoms with Crippen LogP contribution in [0.25, 0.3) is 0 Å². The summed E-state index contributed by atoms with van der Waals surface area (Å²) in [5.41, 5.74) is 1.37. The predicted octanol–water partition coefficient (Wildman–Crippen LogP) is 2.59. The molecular weight excluding hydrogens is 198 g/mol. The zero-order valence-corrected chi connectivity index (χ0v) is 11.0. The molecule has 0 aromatic heterocycles. The van der Waals surface area contributed by atoms with Crippen molar-refractivity contribution in [2.24, 2.45) is 0 Å². The summed E-state index contributed by atoms with van der Waals surface area (Å²) >= 11 is 0. The van der Waals surface area contributed by atoms with Crippen LogP contribution < -0.4 is 5.32 Å². The van der Waals surface area contributed by atoms with Gasteiger partial charge < -0.3 is 10.4 Å². The van der Waals surface area contributed by atoms with Crippen molar-refractivity contribution in [2.45, 2.75) is 45.8 Å². The molecule has 0 bridgehead atoms. The Labute approximate surface area is 98.7 Å². The molecule has 1 atom stereocenters. The van der Waals surface area contributed by atoms with E-state index < -0.39 is 5.60 Å². The van der Waals surface area contributed by atoms with E-state index in [1.807, 2.05) is 38.1 Å². The number of aryl methyl sites for hydroxylation is 1. The minimum Gasteiger partial charge on any atom is -0.384 e. The summed E-state index contributed by atoms with van der Waals surface area (Å²) in [5.74, 6) is 0. The van der Waals surface area contributed by atoms with Crippen LogP contribution in [0.3, 0.4) is 0 Å². The molecule has 0 spiro atoms. The molecule has 2 nitrogen and oxygen atoms in total. The Balaban J connectivity index is 2.73. The van der Waals surface area contributed by atoms with E-state index in [0.29, 0.717) is 6.54 Å². The third kappa shape index (κ3) is 3.95. The van der Waals surface area contributed by atoms with E-state index >= 15 is 0 Å². The maximum atomic E-state index is 10.4. The number of nitrogens with one attached hydrogen (secondary N) is 1. The fraction of sp³-hybridized carbons (Fsp3) is 0.571. The van der Waals surface area contributed by atoms with Gasteiger partial charge in [0.15, 0.2) is 0 Å². The summed E-state index contributed by atoms with van der Waals surface area (Å²) in [5, 5.41) is 13.7. The average Bonchev–Trinajstić information content (AvgIpc) is 2.15. The van der Waals surface area contributed by atoms with Gasteiger partial charge in [-0.15, -0.1) is 0 Å². The van der Waals surface area contributed by atoms with Crippen LogP contribution in [0, 0.1) is 6.92 Å². The SMILES string of the molecule is Cc1ccc([C@](C)(O)CNC(C)(C)C)cc1. The Hall–Kier alpha value is -0.860. The Bertz CT molecular complexity index is 333. The van der Waals surface area contributed by atoms with Crippen molar-refractivity contribution in [3.63, 3.8) is 0 Å². The highest BCUT2D eigenvalue weighted by Gasteiger charge is 2.24. The zero-order chi connectivity index (χ0) is 12.4. The smallest absolute Gasteiger partial charge is 0.0992 e. The normalized spacial score (nSPS) is 15.9. The summed E-state index contributed by atoms with van der Waals surface area (Å²) in [7, 11) is 0. The first-order valence-corrected chi connectivity index (χ1v) is 5.75. The van der Waals surface area contributed by atoms with Gasteiger partial charge >= 0.3 is 0 Å². The summed E-state index contributed by atoms with van der Waals surface area (Å²) in [6, 6.07) is 8.03. The Morgan fingerprint density at radius 2 is 1.56 bits per heavy atom. The van der Waals surface area contributed by atoms with Gasteiger partial charge in [-0.25, -0.2) is 0 Å². The van der Waals surface area contributed by atoms with E-state index in [1.54, 1.807) is 0 Å². The molecule has 1 rings (SSSR count). The van der Waals surface area contributed by atoms with Gasteiger partial charge in [0.25, 0.3) is 0 Å². The van der Waals surface area contributed by atoms with Crippen LogP contribution in [0.15, 0.2) is 24.3 Å². The summed E-state index contributed by atoms with van der Waals surface area (Å²) in [4.78, 5) is 0. The second-order valence-electron chi connectivity index (χ2n) is 5.74. The standard InChI is InChI=1S/C14H23NO/c1-11-6-8-12(9-7-11)14(5,16)10-15-13(2,3)4/h6-9,15-16H,10H2,1-5H3/t14-/m1/s1. The highest BCUT2D eigenvalue weighted by molar-refractivity contribution is 5.26. The predicted molar refractivity (Wildman–Crippen MR) is 68.5 cm³/mol. The second-order valence-corrected chi connectivity index (χ2v) is 5.74. The molecule has 2 heteroatoms. The van der Waals surface area contributed by atoms with Gasteiger partial charge in [-0.1, -0.05) is 29.8 Å². The highest BCUT2D eigenvalue weighted by atomic mass is 16.3. The van der Waals surface area contributed by atoms with E-state index in [1.165, 1.54) is 5.56 Å². The van der Waals surface area contributed by atoms with Gasteiger partial charge in [-0.3, -0.25) is 0 Å². The van der Waals surface area contributed by atoms with Gasteiger partial charge in [0.2, 0.25) is 0 Å². The van der Waals surface area contributed by atoms with Crippen molar-refractivity contribution in [1.82, 2.24) is 5.32 Å². The Morgan fingerprint density at radius 3 is 2.00 bits per heavy atom. The molecule has 0 aliphatic heterocycles. The topological polar surface area (TPSA) is 32.3 Å². The number of aliphatic hydroxyl groups is 1. The van der Waals surface area contributed by atoms with Gasteiger partial charge in [-0.05, 0) is 40.2 Å². The molecule has 0 unspecified atom stereocenters. The van der Waals surface area contributed by atoms with Crippen LogP contribution in [0.5, 0.6) is 0 Å². The van der Waals surface area contributed by atoms with Gasteiger partial charge in [0, 0.05) is 12.1 Å². The average molecular weight is 221 g/mol. The van der Waals surface area contributed by atoms with Crippen molar-refractivity contribution < 1.29 is 5.11 Å². The minimum atomic E-state index is -0.818. The van der Waals surface area contributed by atoms with E-state index in [9.17, 15) is 5.11 Å². The van der Waals surface area contributed by atoms with Crippen molar-refractivity contribution in [3.8, 4) is 0 Å². The molecule has 0 aliphatic carbocycles. The first-order chi connectivity index (χ1) is 7.21. The molecule has 0 radical (unpaired) electrons. The molecule has 0 fully saturated rings. The number of benzene rings is 1. The molecule has 0 heterocycles. The molecule has 0 amide bonds. The van der Waals surface area contributed by atoms with Crippen LogP contribution in [-0.4, -0.2) is 17.2 Å². The lowest BCUT2D eigenvalue weighted by Gasteiger charge is -2.29. The maximum Gasteiger partial charge on any atom is 0.0992 e. The van der Waals surface area contributed by atoms with Crippen LogP contribution in [0.1, 0.15) is 38.8 Å². The quantitative estimate of drug-likeness (QED) is 0.822. The second kappa shape index (κ2) is 4.56. The Kier molecular flexibility index (Phi) is 3.76. The number of β-amino-alcohol motifs (C(OH)–C–C–N with tert-alkyl or cyclic N) is 1. The Morgan fingerprint density at radius 1 is 1.06 bits per heavy atom. The molecule has 1 aromatic rings. The molecule has 2 N–H and O–H groups in total. The molecule has 0 saturated carbocycles. The highest BCUT2D eigenvalue weighted by Crippen LogP contribution is 2.20. The van der Waals surface area contributed by atoms with Crippen molar-refractivity contribution in [1.29, 1.82) is 0 Å². The molecule has 90 valence electrons. The van der Waals surface area contributed by atoms with E-state index in [-0.39, 0.29) is 5.54 Å². The third-order valence-corrected chi connectivity index (χ3v) is 2.64. The molecular formula is C14H23NO. The van der Waals surface area contributed by atoms with Gasteiger partial charge in [0.1, 0.15) is 0 Å². The van der Waals surface area contributed by atoms with Crippen molar-refractivity contribution >= 4 is 0 Å². The van der Waals surface area contributed by atoms with Crippen molar-refractivity contribution in [2.75, 3.05) is 6.54 Å². The van der Waals surface area contributed by atoms with E-state index in [4.69, 9.17) is 0 Å². The first kappa shape index (κ1) is 13.2. The molecule has 0 aliphatic rings. The monoisotopic (exact) mass is 221 g/mol. The van der Waals surface area contributed by atoms with Crippen LogP contribution >= 0.6 is 0 Å². The van der Waals surface area contributed by atoms with E-state index in [2.05, 4.69) is 26.1 Å². The van der Waals surface area contributed by atoms with Crippen LogP contribution in [-0.2, 0) is 5.60 Å². The number of hydrogen-bond acceptors (Lipinski definition) is 2. The van der Waals surface area contributed by atoms with Crippen molar-refractivity contribution in [3.05, 3.63) is 35.4 Å². The fourth-order valence-corrected chi connectivity index (χ4v) is 1.45. The summed E-state index contributed by atoms with van der Waals surface area (Å²) in [6.45, 7) is 10.7. The molecule has 1 aromatic carbocycles. The van der Waals surface area contributed by atoms with Crippen LogP contribution in [0.4, 0.5) is 0 Å². The third-order valence-electron chi connectivity index (χ3n) is 2.64. The zero-order valence-electron chi connectivity index (χ0n) is 11.0. The number of rotatable bonds is 3. The largest absolute Gasteiger partial charge is 0.384 e. The van der Waals surface area contributed by atoms with Gasteiger partial charge in [0.05, 0.1) is 5.60 Å². The molecule has 16 heavy (non-hydrogen) atoms. The van der Waals surface area contributed by atoms with Gasteiger partial charge in [-0.2, -0.15) is 0 Å². The fourth-order valence-electron chi connectivity index (χ4n) is 1.45. The lowest BCUT2D eigenvalue weighted by Crippen LogP contribution is -2.44. The van der Waals surface area contributed by atoms with Crippen LogP contribution in [0.2, 0.25) is 0 Å². The minimum absolute atomic E-state index is 0.0225. The molecule has 0 saturated heterocycles. The number of hydrogen-bond donors (Lipinski definition) is 2. The first-order valence-electron chi connectivity index (χ1n) is 5.75. The van der Waals surface area contributed by atoms with E-state index in [0.717, 1.165) is 5.56 Å². The lowest BCUT2D eigenvalue weighted by molar-refractivity contribution is 0.0502. The maximum absolute atomic E-state index is 10.4. The lowest BCUT2D eigenvalue weighted by atomic mass is 9.94. The summed E-state index contributed by atoms with van der Waals surface area (Å²) < 4.78 is 0. The summed E-state index contributed by atoms with van der Waals surface area (Å²) in [6.07, 6.45) is 0.